The summed E-state index contributed by atoms with van der Waals surface area (Å²) in [5.74, 6) is -0.291. The van der Waals surface area contributed by atoms with E-state index >= 15 is 0 Å². The lowest BCUT2D eigenvalue weighted by Crippen LogP contribution is -2.30. The topological polar surface area (TPSA) is 66.5 Å². The van der Waals surface area contributed by atoms with Gasteiger partial charge in [-0.2, -0.15) is 0 Å². The lowest BCUT2D eigenvalue weighted by molar-refractivity contribution is 0.102. The number of benzene rings is 3. The Morgan fingerprint density at radius 3 is 2.10 bits per heavy atom. The summed E-state index contributed by atoms with van der Waals surface area (Å²) in [7, 11) is -3.71. The molecule has 0 aliphatic heterocycles. The first kappa shape index (κ1) is 21.0. The fourth-order valence-electron chi connectivity index (χ4n) is 2.87. The Morgan fingerprint density at radius 2 is 1.55 bits per heavy atom. The molecule has 0 fully saturated rings. The average Bonchev–Trinajstić information content (AvgIpc) is 2.75. The van der Waals surface area contributed by atoms with Gasteiger partial charge in [0, 0.05) is 22.7 Å². The number of hydrogen-bond acceptors (Lipinski definition) is 4. The number of anilines is 2. The lowest BCUT2D eigenvalue weighted by Gasteiger charge is -2.23. The molecule has 0 aliphatic rings. The molecule has 0 saturated heterocycles. The molecule has 150 valence electrons. The molecule has 1 N–H and O–H groups in total. The van der Waals surface area contributed by atoms with Crippen LogP contribution >= 0.6 is 11.8 Å². The van der Waals surface area contributed by atoms with Gasteiger partial charge in [0.15, 0.2) is 0 Å². The number of hydrogen-bond donors (Lipinski definition) is 1. The van der Waals surface area contributed by atoms with Crippen molar-refractivity contribution in [2.45, 2.75) is 16.7 Å². The average molecular weight is 427 g/mol. The standard InChI is InChI=1S/C22H22N2O3S2/c1-3-24(19-7-5-4-6-8-19)29(26,27)21-15-9-17(10-16-21)22(25)23-18-11-13-20(28-2)14-12-18/h4-16H,3H2,1-2H3,(H,23,25). The summed E-state index contributed by atoms with van der Waals surface area (Å²) in [5.41, 5.74) is 1.68. The van der Waals surface area contributed by atoms with Crippen molar-refractivity contribution in [3.63, 3.8) is 0 Å². The monoisotopic (exact) mass is 426 g/mol. The van der Waals surface area contributed by atoms with Crippen LogP contribution in [-0.2, 0) is 10.0 Å². The van der Waals surface area contributed by atoms with Gasteiger partial charge in [-0.15, -0.1) is 11.8 Å². The molecule has 1 amide bonds. The molecule has 0 radical (unpaired) electrons. The second-order valence-electron chi connectivity index (χ2n) is 6.21. The molecule has 29 heavy (non-hydrogen) atoms. The largest absolute Gasteiger partial charge is 0.322 e. The highest BCUT2D eigenvalue weighted by molar-refractivity contribution is 7.98. The minimum atomic E-state index is -3.71. The van der Waals surface area contributed by atoms with E-state index in [9.17, 15) is 13.2 Å². The SMILES string of the molecule is CCN(c1ccccc1)S(=O)(=O)c1ccc(C(=O)Nc2ccc(SC)cc2)cc1. The predicted octanol–water partition coefficient (Wildman–Crippen LogP) is 4.88. The van der Waals surface area contributed by atoms with Gasteiger partial charge in [-0.25, -0.2) is 8.42 Å². The molecule has 0 bridgehead atoms. The summed E-state index contributed by atoms with van der Waals surface area (Å²) >= 11 is 1.63. The van der Waals surface area contributed by atoms with Gasteiger partial charge >= 0.3 is 0 Å². The highest BCUT2D eigenvalue weighted by atomic mass is 32.2. The van der Waals surface area contributed by atoms with E-state index in [1.165, 1.54) is 28.6 Å². The maximum atomic E-state index is 13.0. The minimum Gasteiger partial charge on any atom is -0.322 e. The van der Waals surface area contributed by atoms with Crippen molar-refractivity contribution < 1.29 is 13.2 Å². The number of para-hydroxylation sites is 1. The van der Waals surface area contributed by atoms with Gasteiger partial charge in [0.25, 0.3) is 15.9 Å². The zero-order chi connectivity index (χ0) is 20.9. The summed E-state index contributed by atoms with van der Waals surface area (Å²) in [6.45, 7) is 2.09. The minimum absolute atomic E-state index is 0.143. The van der Waals surface area contributed by atoms with E-state index in [-0.39, 0.29) is 10.8 Å². The number of carbonyl (C=O) groups is 1. The maximum absolute atomic E-state index is 13.0. The number of nitrogens with zero attached hydrogens (tertiary/aromatic N) is 1. The van der Waals surface area contributed by atoms with Crippen molar-refractivity contribution in [2.75, 3.05) is 22.4 Å². The first-order chi connectivity index (χ1) is 14.0. The molecule has 3 aromatic rings. The van der Waals surface area contributed by atoms with Gasteiger partial charge < -0.3 is 5.32 Å². The van der Waals surface area contributed by atoms with Crippen molar-refractivity contribution in [1.82, 2.24) is 0 Å². The summed E-state index contributed by atoms with van der Waals surface area (Å²) in [5, 5.41) is 2.82. The maximum Gasteiger partial charge on any atom is 0.264 e. The van der Waals surface area contributed by atoms with Crippen molar-refractivity contribution >= 4 is 39.1 Å². The molecule has 7 heteroatoms. The van der Waals surface area contributed by atoms with Crippen LogP contribution in [0.15, 0.2) is 88.7 Å². The van der Waals surface area contributed by atoms with Crippen molar-refractivity contribution in [3.05, 3.63) is 84.4 Å². The van der Waals surface area contributed by atoms with Gasteiger partial charge in [-0.3, -0.25) is 9.10 Å². The third-order valence-corrected chi connectivity index (χ3v) is 7.04. The highest BCUT2D eigenvalue weighted by Crippen LogP contribution is 2.24. The Kier molecular flexibility index (Phi) is 6.61. The molecule has 0 saturated carbocycles. The molecule has 0 atom stereocenters. The van der Waals surface area contributed by atoms with E-state index in [4.69, 9.17) is 0 Å². The molecule has 3 aromatic carbocycles. The Morgan fingerprint density at radius 1 is 0.931 bits per heavy atom. The number of carbonyl (C=O) groups excluding carboxylic acids is 1. The number of amides is 1. The predicted molar refractivity (Wildman–Crippen MR) is 119 cm³/mol. The van der Waals surface area contributed by atoms with E-state index in [0.29, 0.717) is 23.5 Å². The third kappa shape index (κ3) is 4.81. The Labute approximate surface area is 175 Å². The van der Waals surface area contributed by atoms with Crippen LogP contribution in [0.2, 0.25) is 0 Å². The Bertz CT molecular complexity index is 1070. The van der Waals surface area contributed by atoms with Crippen molar-refractivity contribution in [2.24, 2.45) is 0 Å². The van der Waals surface area contributed by atoms with Crippen LogP contribution in [0.4, 0.5) is 11.4 Å². The van der Waals surface area contributed by atoms with Crippen LogP contribution in [0.1, 0.15) is 17.3 Å². The Hall–Kier alpha value is -2.77. The van der Waals surface area contributed by atoms with Crippen molar-refractivity contribution in [1.29, 1.82) is 0 Å². The normalized spacial score (nSPS) is 11.1. The van der Waals surface area contributed by atoms with Gasteiger partial charge in [0.1, 0.15) is 0 Å². The van der Waals surface area contributed by atoms with Crippen LogP contribution in [0.5, 0.6) is 0 Å². The molecular formula is C22H22N2O3S2. The van der Waals surface area contributed by atoms with E-state index in [2.05, 4.69) is 5.32 Å². The van der Waals surface area contributed by atoms with Crippen LogP contribution in [-0.4, -0.2) is 27.1 Å². The molecule has 0 aliphatic carbocycles. The second-order valence-corrected chi connectivity index (χ2v) is 8.95. The van der Waals surface area contributed by atoms with Crippen LogP contribution in [0.3, 0.4) is 0 Å². The first-order valence-electron chi connectivity index (χ1n) is 9.09. The number of rotatable bonds is 7. The van der Waals surface area contributed by atoms with Gasteiger partial charge in [-0.1, -0.05) is 18.2 Å². The van der Waals surface area contributed by atoms with E-state index < -0.39 is 10.0 Å². The van der Waals surface area contributed by atoms with Crippen LogP contribution in [0, 0.1) is 0 Å². The molecule has 5 nitrogen and oxygen atoms in total. The molecular weight excluding hydrogens is 404 g/mol. The first-order valence-corrected chi connectivity index (χ1v) is 11.8. The van der Waals surface area contributed by atoms with E-state index in [1.54, 1.807) is 43.0 Å². The van der Waals surface area contributed by atoms with Crippen LogP contribution in [0.25, 0.3) is 0 Å². The third-order valence-electron chi connectivity index (χ3n) is 4.38. The fraction of sp³-hybridized carbons (Fsp3) is 0.136. The van der Waals surface area contributed by atoms with Gasteiger partial charge in [0.05, 0.1) is 10.6 Å². The lowest BCUT2D eigenvalue weighted by atomic mass is 10.2. The molecule has 0 aromatic heterocycles. The molecule has 3 rings (SSSR count). The van der Waals surface area contributed by atoms with E-state index in [1.807, 2.05) is 36.6 Å². The van der Waals surface area contributed by atoms with Gasteiger partial charge in [-0.05, 0) is 73.8 Å². The second kappa shape index (κ2) is 9.15. The summed E-state index contributed by atoms with van der Waals surface area (Å²) in [6, 6.07) is 22.5. The molecule has 0 spiro atoms. The summed E-state index contributed by atoms with van der Waals surface area (Å²) in [4.78, 5) is 13.7. The Balaban J connectivity index is 1.78. The van der Waals surface area contributed by atoms with Gasteiger partial charge in [0.2, 0.25) is 0 Å². The van der Waals surface area contributed by atoms with Crippen molar-refractivity contribution in [3.8, 4) is 0 Å². The number of nitrogens with one attached hydrogen (secondary N) is 1. The smallest absolute Gasteiger partial charge is 0.264 e. The summed E-state index contributed by atoms with van der Waals surface area (Å²) in [6.07, 6.45) is 1.99. The van der Waals surface area contributed by atoms with E-state index in [0.717, 1.165) is 4.90 Å². The quantitative estimate of drug-likeness (QED) is 0.547. The summed E-state index contributed by atoms with van der Waals surface area (Å²) < 4.78 is 27.4. The number of thioether (sulfide) groups is 1. The zero-order valence-corrected chi connectivity index (χ0v) is 17.8. The fourth-order valence-corrected chi connectivity index (χ4v) is 4.75. The highest BCUT2D eigenvalue weighted by Gasteiger charge is 2.23. The molecule has 0 heterocycles. The molecule has 0 unspecified atom stereocenters. The zero-order valence-electron chi connectivity index (χ0n) is 16.2. The number of sulfonamides is 1. The van der Waals surface area contributed by atoms with Crippen LogP contribution < -0.4 is 9.62 Å².